The van der Waals surface area contributed by atoms with Crippen LogP contribution in [0.1, 0.15) is 29.8 Å². The van der Waals surface area contributed by atoms with Crippen molar-refractivity contribution in [1.82, 2.24) is 0 Å². The number of anilines is 2. The predicted molar refractivity (Wildman–Crippen MR) is 90.5 cm³/mol. The summed E-state index contributed by atoms with van der Waals surface area (Å²) in [6, 6.07) is 14.8. The fourth-order valence-corrected chi connectivity index (χ4v) is 2.05. The van der Waals surface area contributed by atoms with E-state index in [1.54, 1.807) is 19.1 Å². The molecule has 0 saturated heterocycles. The van der Waals surface area contributed by atoms with Crippen LogP contribution in [-0.2, 0) is 16.1 Å². The lowest BCUT2D eigenvalue weighted by molar-refractivity contribution is -0.114. The SMILES string of the molecule is CCOC(=O)c1ccc(NCc2ccc(NC(C)=O)cc2)cc1. The van der Waals surface area contributed by atoms with Crippen molar-refractivity contribution >= 4 is 23.3 Å². The lowest BCUT2D eigenvalue weighted by atomic mass is 10.2. The van der Waals surface area contributed by atoms with E-state index < -0.39 is 0 Å². The van der Waals surface area contributed by atoms with Crippen molar-refractivity contribution in [3.05, 3.63) is 59.7 Å². The molecule has 2 N–H and O–H groups in total. The van der Waals surface area contributed by atoms with E-state index in [9.17, 15) is 9.59 Å². The minimum absolute atomic E-state index is 0.0856. The summed E-state index contributed by atoms with van der Waals surface area (Å²) in [4.78, 5) is 22.5. The van der Waals surface area contributed by atoms with Crippen molar-refractivity contribution in [2.75, 3.05) is 17.2 Å². The molecule has 0 radical (unpaired) electrons. The smallest absolute Gasteiger partial charge is 0.338 e. The summed E-state index contributed by atoms with van der Waals surface area (Å²) in [5, 5.41) is 6.01. The van der Waals surface area contributed by atoms with Crippen LogP contribution < -0.4 is 10.6 Å². The molecule has 0 aromatic heterocycles. The molecule has 2 rings (SSSR count). The standard InChI is InChI=1S/C18H20N2O3/c1-3-23-18(22)15-6-10-16(11-7-15)19-12-14-4-8-17(9-5-14)20-13(2)21/h4-11,19H,3,12H2,1-2H3,(H,20,21). The van der Waals surface area contributed by atoms with E-state index >= 15 is 0 Å². The maximum Gasteiger partial charge on any atom is 0.338 e. The third-order valence-electron chi connectivity index (χ3n) is 3.17. The van der Waals surface area contributed by atoms with Gasteiger partial charge in [-0.05, 0) is 48.9 Å². The first-order chi connectivity index (χ1) is 11.1. The van der Waals surface area contributed by atoms with Gasteiger partial charge in [0, 0.05) is 24.8 Å². The number of carbonyl (C=O) groups is 2. The van der Waals surface area contributed by atoms with Gasteiger partial charge in [0.05, 0.1) is 12.2 Å². The molecule has 23 heavy (non-hydrogen) atoms. The number of hydrogen-bond donors (Lipinski definition) is 2. The topological polar surface area (TPSA) is 67.4 Å². The van der Waals surface area contributed by atoms with Crippen LogP contribution >= 0.6 is 0 Å². The molecule has 0 aliphatic heterocycles. The van der Waals surface area contributed by atoms with Gasteiger partial charge in [0.15, 0.2) is 0 Å². The van der Waals surface area contributed by atoms with Gasteiger partial charge in [-0.25, -0.2) is 4.79 Å². The van der Waals surface area contributed by atoms with Crippen molar-refractivity contribution in [3.63, 3.8) is 0 Å². The second-order valence-electron chi connectivity index (χ2n) is 5.03. The first kappa shape index (κ1) is 16.5. The Kier molecular flexibility index (Phi) is 5.74. The number of benzene rings is 2. The van der Waals surface area contributed by atoms with Gasteiger partial charge < -0.3 is 15.4 Å². The van der Waals surface area contributed by atoms with Crippen LogP contribution in [0, 0.1) is 0 Å². The molecule has 2 aromatic carbocycles. The Labute approximate surface area is 135 Å². The van der Waals surface area contributed by atoms with Gasteiger partial charge in [-0.15, -0.1) is 0 Å². The average molecular weight is 312 g/mol. The largest absolute Gasteiger partial charge is 0.462 e. The second kappa shape index (κ2) is 7.98. The molecule has 0 aliphatic carbocycles. The molecule has 120 valence electrons. The Morgan fingerprint density at radius 2 is 1.57 bits per heavy atom. The van der Waals surface area contributed by atoms with Crippen LogP contribution in [0.3, 0.4) is 0 Å². The van der Waals surface area contributed by atoms with Gasteiger partial charge in [0.2, 0.25) is 5.91 Å². The highest BCUT2D eigenvalue weighted by molar-refractivity contribution is 5.90. The molecular weight excluding hydrogens is 292 g/mol. The van der Waals surface area contributed by atoms with E-state index in [4.69, 9.17) is 4.74 Å². The zero-order valence-corrected chi connectivity index (χ0v) is 13.3. The van der Waals surface area contributed by atoms with Crippen molar-refractivity contribution in [1.29, 1.82) is 0 Å². The maximum atomic E-state index is 11.6. The maximum absolute atomic E-state index is 11.6. The number of carbonyl (C=O) groups excluding carboxylic acids is 2. The summed E-state index contributed by atoms with van der Waals surface area (Å²) in [6.07, 6.45) is 0. The summed E-state index contributed by atoms with van der Waals surface area (Å²) < 4.78 is 4.95. The molecule has 0 spiro atoms. The molecular formula is C18H20N2O3. The molecule has 5 heteroatoms. The Morgan fingerprint density at radius 3 is 2.13 bits per heavy atom. The summed E-state index contributed by atoms with van der Waals surface area (Å²) in [5.41, 5.74) is 3.33. The fourth-order valence-electron chi connectivity index (χ4n) is 2.05. The highest BCUT2D eigenvalue weighted by Gasteiger charge is 2.05. The van der Waals surface area contributed by atoms with Crippen molar-refractivity contribution in [2.24, 2.45) is 0 Å². The molecule has 2 aromatic rings. The number of esters is 1. The minimum atomic E-state index is -0.312. The Hall–Kier alpha value is -2.82. The third-order valence-corrected chi connectivity index (χ3v) is 3.17. The van der Waals surface area contributed by atoms with Gasteiger partial charge in [-0.1, -0.05) is 12.1 Å². The Balaban J connectivity index is 1.90. The van der Waals surface area contributed by atoms with Gasteiger partial charge in [-0.3, -0.25) is 4.79 Å². The lowest BCUT2D eigenvalue weighted by Crippen LogP contribution is -2.06. The minimum Gasteiger partial charge on any atom is -0.462 e. The van der Waals surface area contributed by atoms with E-state index in [0.717, 1.165) is 16.9 Å². The first-order valence-electron chi connectivity index (χ1n) is 7.46. The van der Waals surface area contributed by atoms with Crippen molar-refractivity contribution in [3.8, 4) is 0 Å². The van der Waals surface area contributed by atoms with Crippen LogP contribution in [-0.4, -0.2) is 18.5 Å². The molecule has 0 aliphatic rings. The molecule has 0 heterocycles. The van der Waals surface area contributed by atoms with Crippen LogP contribution in [0.25, 0.3) is 0 Å². The van der Waals surface area contributed by atoms with Crippen LogP contribution in [0.4, 0.5) is 11.4 Å². The average Bonchev–Trinajstić information content (AvgIpc) is 2.54. The summed E-state index contributed by atoms with van der Waals surface area (Å²) in [5.74, 6) is -0.398. The van der Waals surface area contributed by atoms with Crippen molar-refractivity contribution < 1.29 is 14.3 Å². The number of ether oxygens (including phenoxy) is 1. The zero-order valence-electron chi connectivity index (χ0n) is 13.3. The first-order valence-corrected chi connectivity index (χ1v) is 7.46. The Morgan fingerprint density at radius 1 is 0.957 bits per heavy atom. The van der Waals surface area contributed by atoms with E-state index in [-0.39, 0.29) is 11.9 Å². The monoisotopic (exact) mass is 312 g/mol. The van der Waals surface area contributed by atoms with Gasteiger partial charge in [-0.2, -0.15) is 0 Å². The molecule has 0 atom stereocenters. The number of nitrogens with one attached hydrogen (secondary N) is 2. The normalized spacial score (nSPS) is 10.0. The van der Waals surface area contributed by atoms with E-state index in [2.05, 4.69) is 10.6 Å². The molecule has 1 amide bonds. The highest BCUT2D eigenvalue weighted by atomic mass is 16.5. The van der Waals surface area contributed by atoms with Crippen molar-refractivity contribution in [2.45, 2.75) is 20.4 Å². The molecule has 5 nitrogen and oxygen atoms in total. The van der Waals surface area contributed by atoms with Gasteiger partial charge in [0.1, 0.15) is 0 Å². The number of amides is 1. The summed E-state index contributed by atoms with van der Waals surface area (Å²) in [7, 11) is 0. The summed E-state index contributed by atoms with van der Waals surface area (Å²) in [6.45, 7) is 4.28. The quantitative estimate of drug-likeness (QED) is 0.802. The lowest BCUT2D eigenvalue weighted by Gasteiger charge is -2.08. The second-order valence-corrected chi connectivity index (χ2v) is 5.03. The highest BCUT2D eigenvalue weighted by Crippen LogP contribution is 2.14. The number of rotatable bonds is 6. The van der Waals surface area contributed by atoms with E-state index in [0.29, 0.717) is 18.7 Å². The van der Waals surface area contributed by atoms with Crippen LogP contribution in [0.5, 0.6) is 0 Å². The van der Waals surface area contributed by atoms with Crippen LogP contribution in [0.15, 0.2) is 48.5 Å². The molecule has 0 fully saturated rings. The van der Waals surface area contributed by atoms with E-state index in [1.165, 1.54) is 6.92 Å². The third kappa shape index (κ3) is 5.14. The van der Waals surface area contributed by atoms with Crippen LogP contribution in [0.2, 0.25) is 0 Å². The zero-order chi connectivity index (χ0) is 16.7. The van der Waals surface area contributed by atoms with Gasteiger partial charge >= 0.3 is 5.97 Å². The van der Waals surface area contributed by atoms with E-state index in [1.807, 2.05) is 36.4 Å². The number of hydrogen-bond acceptors (Lipinski definition) is 4. The molecule has 0 unspecified atom stereocenters. The Bertz CT molecular complexity index is 664. The predicted octanol–water partition coefficient (Wildman–Crippen LogP) is 3.43. The summed E-state index contributed by atoms with van der Waals surface area (Å²) >= 11 is 0. The fraction of sp³-hybridized carbons (Fsp3) is 0.222. The molecule has 0 bridgehead atoms. The molecule has 0 saturated carbocycles. The van der Waals surface area contributed by atoms with Gasteiger partial charge in [0.25, 0.3) is 0 Å².